The summed E-state index contributed by atoms with van der Waals surface area (Å²) in [5, 5.41) is 12.3. The molecule has 0 aliphatic carbocycles. The standard InChI is InChI=1S/C14H21N3/c1-12(13-6-4-8-16-10-13)17-9-5-7-14(2,3)11-15/h4,6,8,10,12,17H,5,7,9H2,1-3H3/t12-/m1/s1. The number of pyridine rings is 1. The second-order valence-corrected chi connectivity index (χ2v) is 5.06. The summed E-state index contributed by atoms with van der Waals surface area (Å²) in [6.07, 6.45) is 5.62. The van der Waals surface area contributed by atoms with E-state index in [0.29, 0.717) is 6.04 Å². The van der Waals surface area contributed by atoms with E-state index in [0.717, 1.165) is 19.4 Å². The van der Waals surface area contributed by atoms with E-state index in [9.17, 15) is 0 Å². The minimum absolute atomic E-state index is 0.209. The molecule has 0 aromatic carbocycles. The molecule has 0 fully saturated rings. The number of nitriles is 1. The molecule has 3 nitrogen and oxygen atoms in total. The molecule has 0 aliphatic rings. The predicted octanol–water partition coefficient (Wildman–Crippen LogP) is 3.06. The maximum absolute atomic E-state index is 8.90. The highest BCUT2D eigenvalue weighted by atomic mass is 14.9. The zero-order valence-corrected chi connectivity index (χ0v) is 10.9. The molecular weight excluding hydrogens is 210 g/mol. The van der Waals surface area contributed by atoms with Crippen molar-refractivity contribution in [2.45, 2.75) is 39.7 Å². The normalized spacial score (nSPS) is 13.1. The molecule has 1 aromatic rings. The van der Waals surface area contributed by atoms with Crippen LogP contribution in [-0.2, 0) is 0 Å². The van der Waals surface area contributed by atoms with E-state index in [1.807, 2.05) is 26.1 Å². The first-order valence-corrected chi connectivity index (χ1v) is 6.10. The maximum atomic E-state index is 8.90. The van der Waals surface area contributed by atoms with Crippen LogP contribution < -0.4 is 5.32 Å². The van der Waals surface area contributed by atoms with Gasteiger partial charge in [0, 0.05) is 18.4 Å². The summed E-state index contributed by atoms with van der Waals surface area (Å²) in [6.45, 7) is 7.03. The van der Waals surface area contributed by atoms with E-state index in [1.54, 1.807) is 6.20 Å². The summed E-state index contributed by atoms with van der Waals surface area (Å²) < 4.78 is 0. The number of hydrogen-bond donors (Lipinski definition) is 1. The van der Waals surface area contributed by atoms with Crippen molar-refractivity contribution >= 4 is 0 Å². The molecule has 3 heteroatoms. The summed E-state index contributed by atoms with van der Waals surface area (Å²) in [5.74, 6) is 0. The summed E-state index contributed by atoms with van der Waals surface area (Å²) >= 11 is 0. The van der Waals surface area contributed by atoms with E-state index in [-0.39, 0.29) is 5.41 Å². The highest BCUT2D eigenvalue weighted by Gasteiger charge is 2.15. The van der Waals surface area contributed by atoms with Crippen molar-refractivity contribution in [3.8, 4) is 6.07 Å². The van der Waals surface area contributed by atoms with E-state index in [1.165, 1.54) is 5.56 Å². The van der Waals surface area contributed by atoms with E-state index >= 15 is 0 Å². The van der Waals surface area contributed by atoms with Crippen LogP contribution in [0.1, 0.15) is 45.2 Å². The Balaban J connectivity index is 2.26. The van der Waals surface area contributed by atoms with Crippen molar-refractivity contribution < 1.29 is 0 Å². The SMILES string of the molecule is C[C@@H](NCCCC(C)(C)C#N)c1cccnc1. The van der Waals surface area contributed by atoms with Crippen molar-refractivity contribution in [1.29, 1.82) is 5.26 Å². The molecule has 1 rings (SSSR count). The Bertz CT molecular complexity index is 365. The smallest absolute Gasteiger partial charge is 0.0683 e. The molecule has 1 atom stereocenters. The van der Waals surface area contributed by atoms with Gasteiger partial charge in [0.05, 0.1) is 11.5 Å². The molecule has 0 saturated heterocycles. The Kier molecular flexibility index (Phi) is 5.11. The fraction of sp³-hybridized carbons (Fsp3) is 0.571. The third kappa shape index (κ3) is 4.97. The Morgan fingerprint density at radius 1 is 1.53 bits per heavy atom. The zero-order chi connectivity index (χ0) is 12.7. The average molecular weight is 231 g/mol. The number of nitrogens with zero attached hydrogens (tertiary/aromatic N) is 2. The fourth-order valence-corrected chi connectivity index (χ4v) is 1.65. The van der Waals surface area contributed by atoms with Gasteiger partial charge in [0.15, 0.2) is 0 Å². The van der Waals surface area contributed by atoms with Gasteiger partial charge >= 0.3 is 0 Å². The van der Waals surface area contributed by atoms with Crippen LogP contribution in [0.4, 0.5) is 0 Å². The van der Waals surface area contributed by atoms with Crippen molar-refractivity contribution in [2.24, 2.45) is 5.41 Å². The van der Waals surface area contributed by atoms with Crippen LogP contribution in [-0.4, -0.2) is 11.5 Å². The van der Waals surface area contributed by atoms with Crippen LogP contribution >= 0.6 is 0 Å². The van der Waals surface area contributed by atoms with Gasteiger partial charge in [0.2, 0.25) is 0 Å². The molecule has 0 saturated carbocycles. The lowest BCUT2D eigenvalue weighted by Crippen LogP contribution is -2.21. The monoisotopic (exact) mass is 231 g/mol. The molecule has 0 amide bonds. The molecule has 1 N–H and O–H groups in total. The lowest BCUT2D eigenvalue weighted by atomic mass is 9.90. The zero-order valence-electron chi connectivity index (χ0n) is 10.9. The lowest BCUT2D eigenvalue weighted by molar-refractivity contribution is 0.417. The van der Waals surface area contributed by atoms with Gasteiger partial charge in [-0.05, 0) is 51.8 Å². The Morgan fingerprint density at radius 3 is 2.88 bits per heavy atom. The van der Waals surface area contributed by atoms with Gasteiger partial charge in [0.1, 0.15) is 0 Å². The average Bonchev–Trinajstić information content (AvgIpc) is 2.35. The number of hydrogen-bond acceptors (Lipinski definition) is 3. The molecule has 0 aliphatic heterocycles. The quantitative estimate of drug-likeness (QED) is 0.765. The second-order valence-electron chi connectivity index (χ2n) is 5.06. The molecule has 0 radical (unpaired) electrons. The minimum Gasteiger partial charge on any atom is -0.310 e. The Labute approximate surface area is 104 Å². The van der Waals surface area contributed by atoms with Crippen molar-refractivity contribution in [3.05, 3.63) is 30.1 Å². The largest absolute Gasteiger partial charge is 0.310 e. The topological polar surface area (TPSA) is 48.7 Å². The van der Waals surface area contributed by atoms with Gasteiger partial charge < -0.3 is 5.32 Å². The first-order valence-electron chi connectivity index (χ1n) is 6.10. The van der Waals surface area contributed by atoms with Crippen molar-refractivity contribution in [3.63, 3.8) is 0 Å². The number of aromatic nitrogens is 1. The van der Waals surface area contributed by atoms with E-state index < -0.39 is 0 Å². The van der Waals surface area contributed by atoms with Gasteiger partial charge in [-0.15, -0.1) is 0 Å². The van der Waals surface area contributed by atoms with E-state index in [4.69, 9.17) is 5.26 Å². The van der Waals surface area contributed by atoms with Crippen LogP contribution in [0.25, 0.3) is 0 Å². The number of nitrogens with one attached hydrogen (secondary N) is 1. The highest BCUT2D eigenvalue weighted by Crippen LogP contribution is 2.20. The van der Waals surface area contributed by atoms with E-state index in [2.05, 4.69) is 29.4 Å². The predicted molar refractivity (Wildman–Crippen MR) is 69.3 cm³/mol. The van der Waals surface area contributed by atoms with Crippen LogP contribution in [0.5, 0.6) is 0 Å². The lowest BCUT2D eigenvalue weighted by Gasteiger charge is -2.17. The minimum atomic E-state index is -0.209. The molecule has 92 valence electrons. The van der Waals surface area contributed by atoms with Gasteiger partial charge in [0.25, 0.3) is 0 Å². The molecule has 17 heavy (non-hydrogen) atoms. The van der Waals surface area contributed by atoms with Gasteiger partial charge in [-0.2, -0.15) is 5.26 Å². The van der Waals surface area contributed by atoms with Gasteiger partial charge in [-0.1, -0.05) is 6.07 Å². The second kappa shape index (κ2) is 6.36. The molecule has 1 heterocycles. The van der Waals surface area contributed by atoms with Gasteiger partial charge in [-0.3, -0.25) is 4.98 Å². The highest BCUT2D eigenvalue weighted by molar-refractivity contribution is 5.12. The Morgan fingerprint density at radius 2 is 2.29 bits per heavy atom. The molecule has 0 unspecified atom stereocenters. The van der Waals surface area contributed by atoms with Crippen LogP contribution in [0.15, 0.2) is 24.5 Å². The molecule has 0 spiro atoms. The summed E-state index contributed by atoms with van der Waals surface area (Å²) in [7, 11) is 0. The Hall–Kier alpha value is -1.40. The fourth-order valence-electron chi connectivity index (χ4n) is 1.65. The maximum Gasteiger partial charge on any atom is 0.0683 e. The van der Waals surface area contributed by atoms with Crippen LogP contribution in [0, 0.1) is 16.7 Å². The van der Waals surface area contributed by atoms with Crippen molar-refractivity contribution in [2.75, 3.05) is 6.54 Å². The number of rotatable bonds is 6. The summed E-state index contributed by atoms with van der Waals surface area (Å²) in [5.41, 5.74) is 0.992. The molecule has 0 bridgehead atoms. The summed E-state index contributed by atoms with van der Waals surface area (Å²) in [4.78, 5) is 4.10. The first-order chi connectivity index (χ1) is 8.05. The van der Waals surface area contributed by atoms with Gasteiger partial charge in [-0.25, -0.2) is 0 Å². The van der Waals surface area contributed by atoms with Crippen molar-refractivity contribution in [1.82, 2.24) is 10.3 Å². The van der Waals surface area contributed by atoms with Crippen LogP contribution in [0.3, 0.4) is 0 Å². The third-order valence-corrected chi connectivity index (χ3v) is 2.92. The third-order valence-electron chi connectivity index (χ3n) is 2.92. The molecule has 1 aromatic heterocycles. The first kappa shape index (κ1) is 13.7. The molecular formula is C14H21N3. The summed E-state index contributed by atoms with van der Waals surface area (Å²) in [6, 6.07) is 6.66. The van der Waals surface area contributed by atoms with Crippen LogP contribution in [0.2, 0.25) is 0 Å².